The third-order valence-electron chi connectivity index (χ3n) is 7.18. The van der Waals surface area contributed by atoms with E-state index in [9.17, 15) is 0 Å². The van der Waals surface area contributed by atoms with E-state index in [0.717, 1.165) is 42.8 Å². The zero-order valence-electron chi connectivity index (χ0n) is 29.5. The van der Waals surface area contributed by atoms with Crippen molar-refractivity contribution in [3.8, 4) is 22.5 Å². The molecule has 0 aliphatic carbocycles. The van der Waals surface area contributed by atoms with E-state index >= 15 is 0 Å². The maximum Gasteiger partial charge on any atom is 0.123 e. The smallest absolute Gasteiger partial charge is 0.123 e. The Morgan fingerprint density at radius 2 is 1.75 bits per heavy atom. The van der Waals surface area contributed by atoms with Gasteiger partial charge in [-0.05, 0) is 53.8 Å². The number of aromatic nitrogens is 3. The maximum atomic E-state index is 8.51. The van der Waals surface area contributed by atoms with Crippen LogP contribution >= 0.6 is 11.3 Å². The topological polar surface area (TPSA) is 51.8 Å². The Bertz CT molecular complexity index is 2210. The van der Waals surface area contributed by atoms with Crippen LogP contribution in [0.25, 0.3) is 54.7 Å². The van der Waals surface area contributed by atoms with Gasteiger partial charge in [-0.25, -0.2) is 4.98 Å². The molecule has 4 nitrogen and oxygen atoms in total. The molecule has 7 aromatic rings. The number of rotatable bonds is 3. The van der Waals surface area contributed by atoms with Gasteiger partial charge in [-0.2, -0.15) is 0 Å². The summed E-state index contributed by atoms with van der Waals surface area (Å²) in [6.45, 7) is 9.51. The molecule has 1 radical (unpaired) electrons. The number of fused-ring (bicyclic) bond motifs is 4. The summed E-state index contributed by atoms with van der Waals surface area (Å²) in [5, 5.41) is 3.00. The Balaban J connectivity index is 0.000000270. The van der Waals surface area contributed by atoms with Gasteiger partial charge in [0.15, 0.2) is 0 Å². The first-order chi connectivity index (χ1) is 22.1. The fourth-order valence-corrected chi connectivity index (χ4v) is 5.90. The summed E-state index contributed by atoms with van der Waals surface area (Å²) in [6.07, 6.45) is 3.23. The van der Waals surface area contributed by atoms with Gasteiger partial charge in [-0.3, -0.25) is 0 Å². The van der Waals surface area contributed by atoms with Crippen molar-refractivity contribution in [1.29, 1.82) is 0 Å². The van der Waals surface area contributed by atoms with Crippen molar-refractivity contribution in [2.75, 3.05) is 0 Å². The molecule has 0 bridgehead atoms. The molecule has 225 valence electrons. The van der Waals surface area contributed by atoms with Crippen molar-refractivity contribution >= 4 is 43.5 Å². The molecule has 6 heteroatoms. The van der Waals surface area contributed by atoms with Crippen molar-refractivity contribution in [2.45, 2.75) is 59.7 Å². The zero-order chi connectivity index (χ0) is 33.7. The van der Waals surface area contributed by atoms with E-state index in [-0.39, 0.29) is 31.1 Å². The van der Waals surface area contributed by atoms with Gasteiger partial charge in [-0.1, -0.05) is 63.8 Å². The minimum atomic E-state index is -2.35. The molecule has 0 aliphatic rings. The second-order valence-electron chi connectivity index (χ2n) is 11.9. The number of furan rings is 1. The average molecular weight is 778 g/mol. The predicted molar refractivity (Wildman–Crippen MR) is 180 cm³/mol. The van der Waals surface area contributed by atoms with Gasteiger partial charge in [0.2, 0.25) is 0 Å². The van der Waals surface area contributed by atoms with Crippen LogP contribution in [0.2, 0.25) is 0 Å². The van der Waals surface area contributed by atoms with Crippen LogP contribution in [0, 0.1) is 25.9 Å². The molecule has 0 fully saturated rings. The SMILES string of the molecule is Cc1ccc(-c2[c-]cccc2)nc1.[2H]C([2H])([2H])c1cnc(-c2[c-]ccc3c2oc2cc4nc(C(C)(C)C)sc4cc23)cc1C([2H])(C)C.[Ir]. The Morgan fingerprint density at radius 3 is 2.43 bits per heavy atom. The molecule has 0 unspecified atom stereocenters. The number of benzene rings is 3. The van der Waals surface area contributed by atoms with Crippen LogP contribution in [-0.2, 0) is 25.5 Å². The van der Waals surface area contributed by atoms with Crippen molar-refractivity contribution < 1.29 is 30.0 Å². The number of thiazole rings is 1. The summed E-state index contributed by atoms with van der Waals surface area (Å²) >= 11 is 1.69. The van der Waals surface area contributed by atoms with E-state index in [4.69, 9.17) is 14.9 Å². The average Bonchev–Trinajstić information content (AvgIpc) is 3.61. The zero-order valence-corrected chi connectivity index (χ0v) is 28.7. The second kappa shape index (κ2) is 12.7. The fourth-order valence-electron chi connectivity index (χ4n) is 4.86. The molecule has 0 spiro atoms. The summed E-state index contributed by atoms with van der Waals surface area (Å²) < 4.78 is 39.5. The van der Waals surface area contributed by atoms with Crippen molar-refractivity contribution in [1.82, 2.24) is 15.0 Å². The molecule has 44 heavy (non-hydrogen) atoms. The quantitative estimate of drug-likeness (QED) is 0.168. The molecule has 3 aromatic carbocycles. The molecular weight excluding hydrogens is 739 g/mol. The Hall–Kier alpha value is -3.70. The van der Waals surface area contributed by atoms with Gasteiger partial charge in [-0.15, -0.1) is 65.4 Å². The first-order valence-electron chi connectivity index (χ1n) is 16.2. The van der Waals surface area contributed by atoms with Gasteiger partial charge in [0.1, 0.15) is 5.58 Å². The monoisotopic (exact) mass is 778 g/mol. The first-order valence-corrected chi connectivity index (χ1v) is 15.0. The van der Waals surface area contributed by atoms with Crippen LogP contribution in [0.4, 0.5) is 0 Å². The number of nitrogens with zero attached hydrogens (tertiary/aromatic N) is 3. The summed E-state index contributed by atoms with van der Waals surface area (Å²) in [6, 6.07) is 27.9. The summed E-state index contributed by atoms with van der Waals surface area (Å²) in [5.74, 6) is -1.11. The molecule has 0 N–H and O–H groups in total. The van der Waals surface area contributed by atoms with Crippen LogP contribution in [0.15, 0.2) is 83.5 Å². The Labute approximate surface area is 282 Å². The van der Waals surface area contributed by atoms with Crippen LogP contribution in [0.5, 0.6) is 0 Å². The molecule has 0 aliphatic heterocycles. The van der Waals surface area contributed by atoms with Crippen LogP contribution in [0.1, 0.15) is 67.7 Å². The van der Waals surface area contributed by atoms with Gasteiger partial charge >= 0.3 is 0 Å². The molecule has 0 saturated carbocycles. The summed E-state index contributed by atoms with van der Waals surface area (Å²) in [5.41, 5.74) is 7.13. The first kappa shape index (κ1) is 26.7. The van der Waals surface area contributed by atoms with Gasteiger partial charge in [0.25, 0.3) is 0 Å². The van der Waals surface area contributed by atoms with E-state index in [2.05, 4.69) is 55.0 Å². The Morgan fingerprint density at radius 1 is 0.932 bits per heavy atom. The predicted octanol–water partition coefficient (Wildman–Crippen LogP) is 10.6. The molecule has 4 aromatic heterocycles. The number of pyridine rings is 2. The van der Waals surface area contributed by atoms with Crippen molar-refractivity contribution in [2.24, 2.45) is 0 Å². The van der Waals surface area contributed by atoms with Crippen LogP contribution < -0.4 is 0 Å². The van der Waals surface area contributed by atoms with Crippen molar-refractivity contribution in [3.63, 3.8) is 0 Å². The van der Waals surface area contributed by atoms with E-state index in [0.29, 0.717) is 22.4 Å². The normalized spacial score (nSPS) is 13.4. The van der Waals surface area contributed by atoms with Crippen LogP contribution in [-0.4, -0.2) is 15.0 Å². The van der Waals surface area contributed by atoms with Gasteiger partial charge in [0.05, 0.1) is 20.8 Å². The fraction of sp³-hybridized carbons (Fsp3) is 0.237. The van der Waals surface area contributed by atoms with E-state index < -0.39 is 12.7 Å². The molecular formula is C38H35IrN3OS-2. The number of aryl methyl sites for hydroxylation is 2. The molecule has 0 saturated heterocycles. The van der Waals surface area contributed by atoms with E-state index in [1.54, 1.807) is 31.3 Å². The van der Waals surface area contributed by atoms with E-state index in [1.807, 2.05) is 61.7 Å². The minimum absolute atomic E-state index is 0. The molecule has 0 amide bonds. The summed E-state index contributed by atoms with van der Waals surface area (Å²) in [4.78, 5) is 13.6. The Kier molecular flexibility index (Phi) is 7.72. The maximum absolute atomic E-state index is 8.51. The second-order valence-corrected chi connectivity index (χ2v) is 12.9. The van der Waals surface area contributed by atoms with Crippen LogP contribution in [0.3, 0.4) is 0 Å². The van der Waals surface area contributed by atoms with E-state index in [1.165, 1.54) is 11.8 Å². The molecule has 0 atom stereocenters. The van der Waals surface area contributed by atoms with Gasteiger partial charge in [0, 0.05) is 54.8 Å². The molecule has 7 rings (SSSR count). The number of hydrogen-bond acceptors (Lipinski definition) is 5. The standard InChI is InChI=1S/C26H25N2OS.C12H10N.Ir/c1-14(2)18-10-20(27-13-15(18)3)17-9-7-8-16-19-11-23-21(12-22(19)29-24(16)17)28-25(30-23)26(4,5)6;1-10-7-8-12(13-9-10)11-5-3-2-4-6-11;/h7-8,10-14H,1-6H3;2-5,7-9H,1H3;/q2*-1;/i3D3,14D;;. The third kappa shape index (κ3) is 6.39. The van der Waals surface area contributed by atoms with Crippen molar-refractivity contribution in [3.05, 3.63) is 113 Å². The molecule has 4 heterocycles. The largest absolute Gasteiger partial charge is 0.501 e. The minimum Gasteiger partial charge on any atom is -0.501 e. The van der Waals surface area contributed by atoms with Gasteiger partial charge < -0.3 is 14.4 Å². The third-order valence-corrected chi connectivity index (χ3v) is 8.62. The number of hydrogen-bond donors (Lipinski definition) is 0. The summed E-state index contributed by atoms with van der Waals surface area (Å²) in [7, 11) is 0.